The number of nitrogens with one attached hydrogen (secondary N) is 2. The van der Waals surface area contributed by atoms with Crippen LogP contribution in [-0.2, 0) is 6.18 Å². The summed E-state index contributed by atoms with van der Waals surface area (Å²) in [5.74, 6) is 0.506. The summed E-state index contributed by atoms with van der Waals surface area (Å²) in [7, 11) is 2.17. The van der Waals surface area contributed by atoms with E-state index in [2.05, 4.69) is 47.3 Å². The summed E-state index contributed by atoms with van der Waals surface area (Å²) in [6.45, 7) is 7.52. The van der Waals surface area contributed by atoms with Crippen LogP contribution in [0.5, 0.6) is 0 Å². The molecule has 4 heterocycles. The topological polar surface area (TPSA) is 128 Å². The van der Waals surface area contributed by atoms with Crippen molar-refractivity contribution >= 4 is 45.9 Å². The molecule has 14 heteroatoms. The zero-order valence-electron chi connectivity index (χ0n) is 25.1. The number of nitrogens with two attached hydrogens (primary N) is 1. The molecule has 0 atom stereocenters. The molecule has 6 rings (SSSR count). The number of piperidine rings is 1. The van der Waals surface area contributed by atoms with Gasteiger partial charge >= 0.3 is 6.18 Å². The zero-order valence-corrected chi connectivity index (χ0v) is 25.1. The average molecular weight is 621 g/mol. The number of anilines is 5. The predicted octanol–water partition coefficient (Wildman–Crippen LogP) is 4.54. The van der Waals surface area contributed by atoms with Gasteiger partial charge in [0.1, 0.15) is 17.4 Å². The van der Waals surface area contributed by atoms with Crippen LogP contribution in [-0.4, -0.2) is 88.0 Å². The van der Waals surface area contributed by atoms with E-state index in [1.165, 1.54) is 31.3 Å². The summed E-state index contributed by atoms with van der Waals surface area (Å²) in [5.41, 5.74) is 8.07. The SMILES string of the molecule is Cc1ccc(NC(=O)c2cccc(C(F)(F)F)c2)cc1Nc1ncnc2c(N)nc(N3CCN(C4CCN(C)CC4)CC3)nc12. The van der Waals surface area contributed by atoms with Gasteiger partial charge in [-0.15, -0.1) is 0 Å². The molecular formula is C31H35F3N10O. The first-order chi connectivity index (χ1) is 21.5. The van der Waals surface area contributed by atoms with Crippen molar-refractivity contribution in [2.24, 2.45) is 0 Å². The van der Waals surface area contributed by atoms with Crippen molar-refractivity contribution in [3.05, 3.63) is 65.5 Å². The monoisotopic (exact) mass is 620 g/mol. The minimum absolute atomic E-state index is 0.103. The molecule has 45 heavy (non-hydrogen) atoms. The lowest BCUT2D eigenvalue weighted by Crippen LogP contribution is -2.53. The van der Waals surface area contributed by atoms with Crippen molar-refractivity contribution in [2.75, 3.05) is 67.6 Å². The Kier molecular flexibility index (Phi) is 8.42. The number of piperazine rings is 1. The second-order valence-corrected chi connectivity index (χ2v) is 11.6. The molecule has 0 spiro atoms. The largest absolute Gasteiger partial charge is 0.416 e. The first-order valence-electron chi connectivity index (χ1n) is 14.9. The molecular weight excluding hydrogens is 585 g/mol. The molecule has 2 aromatic carbocycles. The zero-order chi connectivity index (χ0) is 31.7. The number of alkyl halides is 3. The number of carbonyl (C=O) groups excluding carboxylic acids is 1. The van der Waals surface area contributed by atoms with Crippen LogP contribution in [0.15, 0.2) is 48.8 Å². The number of hydrogen-bond donors (Lipinski definition) is 3. The number of aryl methyl sites for hydroxylation is 1. The fourth-order valence-electron chi connectivity index (χ4n) is 5.84. The molecule has 11 nitrogen and oxygen atoms in total. The maximum atomic E-state index is 13.2. The number of halogens is 3. The van der Waals surface area contributed by atoms with E-state index in [9.17, 15) is 18.0 Å². The van der Waals surface area contributed by atoms with E-state index in [1.807, 2.05) is 6.92 Å². The second-order valence-electron chi connectivity index (χ2n) is 11.6. The lowest BCUT2D eigenvalue weighted by Gasteiger charge is -2.42. The Hall–Kier alpha value is -4.56. The summed E-state index contributed by atoms with van der Waals surface area (Å²) < 4.78 is 39.5. The van der Waals surface area contributed by atoms with Crippen LogP contribution in [0.3, 0.4) is 0 Å². The van der Waals surface area contributed by atoms with Crippen molar-refractivity contribution in [3.63, 3.8) is 0 Å². The highest BCUT2D eigenvalue weighted by atomic mass is 19.4. The maximum Gasteiger partial charge on any atom is 0.416 e. The third-order valence-corrected chi connectivity index (χ3v) is 8.50. The van der Waals surface area contributed by atoms with Gasteiger partial charge in [0.25, 0.3) is 5.91 Å². The molecule has 2 aliphatic rings. The Bertz CT molecular complexity index is 1700. The van der Waals surface area contributed by atoms with Crippen molar-refractivity contribution in [3.8, 4) is 0 Å². The number of amides is 1. The molecule has 2 saturated heterocycles. The molecule has 2 aliphatic heterocycles. The van der Waals surface area contributed by atoms with Crippen molar-refractivity contribution in [1.82, 2.24) is 29.7 Å². The fraction of sp³-hybridized carbons (Fsp3) is 0.387. The third-order valence-electron chi connectivity index (χ3n) is 8.50. The van der Waals surface area contributed by atoms with Gasteiger partial charge in [-0.05, 0) is 75.8 Å². The van der Waals surface area contributed by atoms with Crippen molar-refractivity contribution in [1.29, 1.82) is 0 Å². The Morgan fingerprint density at radius 3 is 2.44 bits per heavy atom. The lowest BCUT2D eigenvalue weighted by atomic mass is 10.0. The predicted molar refractivity (Wildman–Crippen MR) is 168 cm³/mol. The standard InChI is InChI=1S/C31H35F3N10O/c1-19-6-7-22(38-29(45)20-4-3-5-21(16-20)31(32,33)34)17-24(19)39-28-26-25(36-18-37-28)27(35)41-30(40-26)44-14-12-43(13-15-44)23-8-10-42(2)11-9-23/h3-7,16-18,23H,8-15H2,1-2H3,(H,38,45)(H2,35,40,41)(H,36,37,39). The Morgan fingerprint density at radius 1 is 0.956 bits per heavy atom. The number of benzene rings is 2. The van der Waals surface area contributed by atoms with Crippen LogP contribution in [0.1, 0.15) is 34.3 Å². The Balaban J connectivity index is 1.20. The summed E-state index contributed by atoms with van der Waals surface area (Å²) in [6, 6.07) is 10.0. The van der Waals surface area contributed by atoms with Crippen LogP contribution in [0.4, 0.5) is 42.1 Å². The summed E-state index contributed by atoms with van der Waals surface area (Å²) in [6.07, 6.45) is -0.820. The molecule has 2 aromatic heterocycles. The average Bonchev–Trinajstić information content (AvgIpc) is 3.03. The fourth-order valence-corrected chi connectivity index (χ4v) is 5.84. The van der Waals surface area contributed by atoms with Gasteiger partial charge in [0.05, 0.1) is 5.56 Å². The number of fused-ring (bicyclic) bond motifs is 1. The quantitative estimate of drug-likeness (QED) is 0.283. The number of rotatable bonds is 6. The van der Waals surface area contributed by atoms with Crippen LogP contribution in [0.25, 0.3) is 11.0 Å². The van der Waals surface area contributed by atoms with Crippen LogP contribution in [0.2, 0.25) is 0 Å². The summed E-state index contributed by atoms with van der Waals surface area (Å²) in [5, 5.41) is 5.96. The highest BCUT2D eigenvalue weighted by Gasteiger charge is 2.31. The highest BCUT2D eigenvalue weighted by Crippen LogP contribution is 2.31. The molecule has 0 saturated carbocycles. The minimum atomic E-state index is -4.55. The van der Waals surface area contributed by atoms with Gasteiger partial charge in [0.15, 0.2) is 11.6 Å². The van der Waals surface area contributed by atoms with E-state index in [0.29, 0.717) is 40.2 Å². The number of aromatic nitrogens is 4. The molecule has 0 unspecified atom stereocenters. The van der Waals surface area contributed by atoms with E-state index in [0.717, 1.165) is 57.0 Å². The van der Waals surface area contributed by atoms with Gasteiger partial charge in [-0.2, -0.15) is 18.2 Å². The summed E-state index contributed by atoms with van der Waals surface area (Å²) >= 11 is 0. The smallest absolute Gasteiger partial charge is 0.382 e. The van der Waals surface area contributed by atoms with Crippen molar-refractivity contribution < 1.29 is 18.0 Å². The normalized spacial score (nSPS) is 17.0. The molecule has 0 aliphatic carbocycles. The van der Waals surface area contributed by atoms with Crippen LogP contribution >= 0.6 is 0 Å². The Labute approximate surface area is 258 Å². The first-order valence-corrected chi connectivity index (χ1v) is 14.9. The molecule has 4 aromatic rings. The Morgan fingerprint density at radius 2 is 1.71 bits per heavy atom. The molecule has 4 N–H and O–H groups in total. The molecule has 0 bridgehead atoms. The lowest BCUT2D eigenvalue weighted by molar-refractivity contribution is -0.137. The van der Waals surface area contributed by atoms with Gasteiger partial charge in [0, 0.05) is 49.2 Å². The second kappa shape index (κ2) is 12.4. The molecule has 236 valence electrons. The van der Waals surface area contributed by atoms with Crippen molar-refractivity contribution in [2.45, 2.75) is 32.0 Å². The third kappa shape index (κ3) is 6.76. The van der Waals surface area contributed by atoms with E-state index in [4.69, 9.17) is 10.7 Å². The van der Waals surface area contributed by atoms with E-state index in [-0.39, 0.29) is 11.4 Å². The van der Waals surface area contributed by atoms with E-state index >= 15 is 0 Å². The summed E-state index contributed by atoms with van der Waals surface area (Å²) in [4.78, 5) is 38.0. The minimum Gasteiger partial charge on any atom is -0.382 e. The number of nitrogen functional groups attached to an aromatic ring is 1. The number of nitrogens with zero attached hydrogens (tertiary/aromatic N) is 7. The van der Waals surface area contributed by atoms with E-state index in [1.54, 1.807) is 18.2 Å². The maximum absolute atomic E-state index is 13.2. The van der Waals surface area contributed by atoms with E-state index < -0.39 is 17.6 Å². The number of carbonyl (C=O) groups is 1. The van der Waals surface area contributed by atoms with Gasteiger partial charge in [0.2, 0.25) is 5.95 Å². The van der Waals surface area contributed by atoms with Gasteiger partial charge in [-0.1, -0.05) is 12.1 Å². The highest BCUT2D eigenvalue weighted by molar-refractivity contribution is 6.04. The molecule has 2 fully saturated rings. The first kappa shape index (κ1) is 30.5. The van der Waals surface area contributed by atoms with Crippen LogP contribution < -0.4 is 21.3 Å². The van der Waals surface area contributed by atoms with Crippen LogP contribution in [0, 0.1) is 6.92 Å². The molecule has 1 amide bonds. The number of likely N-dealkylation sites (tertiary alicyclic amines) is 1. The molecule has 0 radical (unpaired) electrons. The number of hydrogen-bond acceptors (Lipinski definition) is 10. The van der Waals surface area contributed by atoms with Gasteiger partial charge in [-0.25, -0.2) is 15.0 Å². The van der Waals surface area contributed by atoms with Gasteiger partial charge < -0.3 is 26.2 Å². The van der Waals surface area contributed by atoms with Gasteiger partial charge in [-0.3, -0.25) is 9.69 Å².